The van der Waals surface area contributed by atoms with E-state index < -0.39 is 11.9 Å². The fourth-order valence-corrected chi connectivity index (χ4v) is 2.41. The van der Waals surface area contributed by atoms with Gasteiger partial charge < -0.3 is 29.5 Å². The van der Waals surface area contributed by atoms with Crippen molar-refractivity contribution in [3.63, 3.8) is 0 Å². The van der Waals surface area contributed by atoms with Gasteiger partial charge in [0.2, 0.25) is 5.91 Å². The van der Waals surface area contributed by atoms with Gasteiger partial charge in [0.1, 0.15) is 17.5 Å². The molecule has 0 saturated carbocycles. The molecule has 1 aromatic carbocycles. The molecule has 0 aliphatic carbocycles. The second kappa shape index (κ2) is 9.75. The van der Waals surface area contributed by atoms with Crippen molar-refractivity contribution in [1.29, 1.82) is 0 Å². The first-order chi connectivity index (χ1) is 13.3. The maximum Gasteiger partial charge on any atom is 0.274 e. The first-order valence-electron chi connectivity index (χ1n) is 8.78. The third kappa shape index (κ3) is 5.46. The molecule has 1 heterocycles. The second-order valence-corrected chi connectivity index (χ2v) is 6.43. The molecule has 1 aromatic heterocycles. The monoisotopic (exact) mass is 390 g/mol. The first kappa shape index (κ1) is 21.2. The van der Waals surface area contributed by atoms with Gasteiger partial charge in [-0.15, -0.1) is 0 Å². The van der Waals surface area contributed by atoms with Crippen LogP contribution in [0.2, 0.25) is 0 Å². The molecule has 0 aliphatic rings. The van der Waals surface area contributed by atoms with Crippen LogP contribution < -0.4 is 20.1 Å². The number of ether oxygens (including phenoxy) is 2. The number of carbonyl (C=O) groups excluding carboxylic acids is 2. The molecule has 0 radical (unpaired) electrons. The maximum absolute atomic E-state index is 12.4. The van der Waals surface area contributed by atoms with E-state index in [1.807, 2.05) is 19.0 Å². The Kier molecular flexibility index (Phi) is 7.39. The van der Waals surface area contributed by atoms with Crippen LogP contribution >= 0.6 is 0 Å². The van der Waals surface area contributed by atoms with E-state index in [4.69, 9.17) is 14.0 Å². The van der Waals surface area contributed by atoms with Crippen LogP contribution in [0.3, 0.4) is 0 Å². The standard InChI is InChI=1S/C19H26N4O5/c1-12(18(24)20-8-9-23(2)3)21-19(25)15-11-17(28-22-15)14-10-13(26-4)6-7-16(14)27-5/h6-7,10-12H,8-9H2,1-5H3,(H,20,24)(H,21,25). The number of likely N-dealkylation sites (N-methyl/N-ethyl adjacent to an activating group) is 1. The second-order valence-electron chi connectivity index (χ2n) is 6.43. The predicted molar refractivity (Wildman–Crippen MR) is 104 cm³/mol. The molecule has 152 valence electrons. The molecule has 0 aliphatic heterocycles. The SMILES string of the molecule is COc1ccc(OC)c(-c2cc(C(=O)NC(C)C(=O)NCCN(C)C)no2)c1. The number of hydrogen-bond donors (Lipinski definition) is 2. The Morgan fingerprint density at radius 2 is 1.96 bits per heavy atom. The molecular formula is C19H26N4O5. The highest BCUT2D eigenvalue weighted by atomic mass is 16.5. The zero-order valence-corrected chi connectivity index (χ0v) is 16.7. The summed E-state index contributed by atoms with van der Waals surface area (Å²) in [6.07, 6.45) is 0. The fourth-order valence-electron chi connectivity index (χ4n) is 2.41. The minimum absolute atomic E-state index is 0.0628. The third-order valence-electron chi connectivity index (χ3n) is 4.01. The van der Waals surface area contributed by atoms with Crippen molar-refractivity contribution in [3.05, 3.63) is 30.0 Å². The highest BCUT2D eigenvalue weighted by molar-refractivity contribution is 5.96. The summed E-state index contributed by atoms with van der Waals surface area (Å²) in [6, 6.07) is 5.99. The van der Waals surface area contributed by atoms with Crippen LogP contribution in [0.5, 0.6) is 11.5 Å². The molecule has 0 fully saturated rings. The molecule has 2 N–H and O–H groups in total. The van der Waals surface area contributed by atoms with Crippen LogP contribution in [-0.2, 0) is 4.79 Å². The van der Waals surface area contributed by atoms with Gasteiger partial charge >= 0.3 is 0 Å². The largest absolute Gasteiger partial charge is 0.497 e. The van der Waals surface area contributed by atoms with E-state index in [2.05, 4.69) is 15.8 Å². The molecule has 2 rings (SSSR count). The third-order valence-corrected chi connectivity index (χ3v) is 4.01. The number of methoxy groups -OCH3 is 2. The lowest BCUT2D eigenvalue weighted by molar-refractivity contribution is -0.122. The summed E-state index contributed by atoms with van der Waals surface area (Å²) in [5.74, 6) is 0.739. The number of hydrogen-bond acceptors (Lipinski definition) is 7. The molecular weight excluding hydrogens is 364 g/mol. The van der Waals surface area contributed by atoms with Gasteiger partial charge in [0.15, 0.2) is 11.5 Å². The summed E-state index contributed by atoms with van der Waals surface area (Å²) in [6.45, 7) is 2.81. The lowest BCUT2D eigenvalue weighted by atomic mass is 10.1. The summed E-state index contributed by atoms with van der Waals surface area (Å²) in [7, 11) is 6.91. The van der Waals surface area contributed by atoms with E-state index >= 15 is 0 Å². The summed E-state index contributed by atoms with van der Waals surface area (Å²) >= 11 is 0. The summed E-state index contributed by atoms with van der Waals surface area (Å²) in [5, 5.41) is 9.17. The zero-order chi connectivity index (χ0) is 20.7. The van der Waals surface area contributed by atoms with Gasteiger partial charge in [-0.1, -0.05) is 5.16 Å². The van der Waals surface area contributed by atoms with Crippen LogP contribution in [0.25, 0.3) is 11.3 Å². The van der Waals surface area contributed by atoms with E-state index in [1.54, 1.807) is 32.2 Å². The number of amides is 2. The molecule has 0 saturated heterocycles. The molecule has 0 bridgehead atoms. The van der Waals surface area contributed by atoms with Crippen molar-refractivity contribution in [1.82, 2.24) is 20.7 Å². The summed E-state index contributed by atoms with van der Waals surface area (Å²) in [5.41, 5.74) is 0.663. The van der Waals surface area contributed by atoms with Gasteiger partial charge in [-0.3, -0.25) is 9.59 Å². The van der Waals surface area contributed by atoms with Crippen LogP contribution in [-0.4, -0.2) is 69.3 Å². The molecule has 2 amide bonds. The quantitative estimate of drug-likeness (QED) is 0.662. The van der Waals surface area contributed by atoms with Crippen molar-refractivity contribution >= 4 is 11.8 Å². The van der Waals surface area contributed by atoms with E-state index in [0.29, 0.717) is 35.9 Å². The van der Waals surface area contributed by atoms with E-state index in [0.717, 1.165) is 0 Å². The topological polar surface area (TPSA) is 106 Å². The Morgan fingerprint density at radius 3 is 2.61 bits per heavy atom. The van der Waals surface area contributed by atoms with Crippen molar-refractivity contribution < 1.29 is 23.6 Å². The average molecular weight is 390 g/mol. The molecule has 1 atom stereocenters. The van der Waals surface area contributed by atoms with E-state index in [-0.39, 0.29) is 11.6 Å². The Balaban J connectivity index is 2.05. The van der Waals surface area contributed by atoms with Crippen molar-refractivity contribution in [3.8, 4) is 22.8 Å². The summed E-state index contributed by atoms with van der Waals surface area (Å²) < 4.78 is 15.8. The smallest absolute Gasteiger partial charge is 0.274 e. The van der Waals surface area contributed by atoms with Crippen LogP contribution in [0.15, 0.2) is 28.8 Å². The number of carbonyl (C=O) groups is 2. The van der Waals surface area contributed by atoms with Gasteiger partial charge in [0, 0.05) is 19.2 Å². The van der Waals surface area contributed by atoms with Gasteiger partial charge in [-0.25, -0.2) is 0 Å². The van der Waals surface area contributed by atoms with Gasteiger partial charge in [-0.05, 0) is 39.2 Å². The lowest BCUT2D eigenvalue weighted by Gasteiger charge is -2.15. The molecule has 9 nitrogen and oxygen atoms in total. The first-order valence-corrected chi connectivity index (χ1v) is 8.78. The number of benzene rings is 1. The fraction of sp³-hybridized carbons (Fsp3) is 0.421. The maximum atomic E-state index is 12.4. The Bertz CT molecular complexity index is 818. The molecule has 2 aromatic rings. The number of rotatable bonds is 9. The highest BCUT2D eigenvalue weighted by Crippen LogP contribution is 2.33. The Labute approximate surface area is 164 Å². The normalized spacial score (nSPS) is 11.8. The minimum Gasteiger partial charge on any atom is -0.497 e. The van der Waals surface area contributed by atoms with E-state index in [1.165, 1.54) is 13.2 Å². The van der Waals surface area contributed by atoms with Crippen molar-refractivity contribution in [2.75, 3.05) is 41.4 Å². The number of nitrogens with one attached hydrogen (secondary N) is 2. The number of aromatic nitrogens is 1. The highest BCUT2D eigenvalue weighted by Gasteiger charge is 2.21. The Hall–Kier alpha value is -3.07. The zero-order valence-electron chi connectivity index (χ0n) is 16.7. The van der Waals surface area contributed by atoms with Crippen LogP contribution in [0.4, 0.5) is 0 Å². The van der Waals surface area contributed by atoms with Crippen LogP contribution in [0, 0.1) is 0 Å². The summed E-state index contributed by atoms with van der Waals surface area (Å²) in [4.78, 5) is 26.4. The van der Waals surface area contributed by atoms with E-state index in [9.17, 15) is 9.59 Å². The van der Waals surface area contributed by atoms with Gasteiger partial charge in [0.05, 0.1) is 19.8 Å². The van der Waals surface area contributed by atoms with Gasteiger partial charge in [0.25, 0.3) is 5.91 Å². The lowest BCUT2D eigenvalue weighted by Crippen LogP contribution is -2.46. The predicted octanol–water partition coefficient (Wildman–Crippen LogP) is 1.15. The molecule has 1 unspecified atom stereocenters. The Morgan fingerprint density at radius 1 is 1.21 bits per heavy atom. The van der Waals surface area contributed by atoms with Crippen LogP contribution in [0.1, 0.15) is 17.4 Å². The molecule has 9 heteroatoms. The molecule has 28 heavy (non-hydrogen) atoms. The van der Waals surface area contributed by atoms with Gasteiger partial charge in [-0.2, -0.15) is 0 Å². The van der Waals surface area contributed by atoms with Crippen molar-refractivity contribution in [2.45, 2.75) is 13.0 Å². The average Bonchev–Trinajstić information content (AvgIpc) is 3.17. The number of nitrogens with zero attached hydrogens (tertiary/aromatic N) is 2. The minimum atomic E-state index is -0.707. The van der Waals surface area contributed by atoms with Crippen molar-refractivity contribution in [2.24, 2.45) is 0 Å². The molecule has 0 spiro atoms.